The van der Waals surface area contributed by atoms with E-state index < -0.39 is 31.1 Å². The third-order valence-corrected chi connectivity index (χ3v) is 4.07. The quantitative estimate of drug-likeness (QED) is 0.334. The molecular weight excluding hydrogens is 342 g/mol. The zero-order valence-corrected chi connectivity index (χ0v) is 14.5. The average molecular weight is 365 g/mol. The second kappa shape index (κ2) is 7.50. The smallest absolute Gasteiger partial charge is 0.247 e. The zero-order valence-electron chi connectivity index (χ0n) is 14.5. The minimum atomic E-state index is -1.25. The van der Waals surface area contributed by atoms with Crippen LogP contribution in [0.4, 0.5) is 11.8 Å². The molecular formula is C15H23N7O4. The van der Waals surface area contributed by atoms with Crippen molar-refractivity contribution in [1.29, 1.82) is 0 Å². The number of imidazole rings is 1. The molecule has 3 heterocycles. The highest BCUT2D eigenvalue weighted by Crippen LogP contribution is 2.32. The standard InChI is InChI=1S/C15H23N7O4/c1-7(2)3-4-18-21-15-19-12(16)9-13(20-15)22(6-17-9)14-11(25)10(24)8(5-23)26-14/h4,6-8,10-11,14,23-25H,3,5H2,1-2H3,(H3,16,19,20,21)/b18-4+/t8-,10-,11-,14-/m1/s1. The van der Waals surface area contributed by atoms with E-state index in [0.717, 1.165) is 6.42 Å². The summed E-state index contributed by atoms with van der Waals surface area (Å²) in [5.74, 6) is 0.785. The van der Waals surface area contributed by atoms with Crippen molar-refractivity contribution in [2.45, 2.75) is 44.8 Å². The molecule has 1 aliphatic heterocycles. The van der Waals surface area contributed by atoms with Gasteiger partial charge in [-0.05, 0) is 12.3 Å². The van der Waals surface area contributed by atoms with Crippen LogP contribution in [-0.4, -0.2) is 66.0 Å². The number of anilines is 2. The summed E-state index contributed by atoms with van der Waals surface area (Å²) in [5, 5.41) is 33.4. The van der Waals surface area contributed by atoms with Gasteiger partial charge in [0.15, 0.2) is 17.7 Å². The summed E-state index contributed by atoms with van der Waals surface area (Å²) in [5.41, 5.74) is 9.29. The summed E-state index contributed by atoms with van der Waals surface area (Å²) in [6.07, 6.45) is -0.421. The van der Waals surface area contributed by atoms with Crippen LogP contribution in [0.5, 0.6) is 0 Å². The van der Waals surface area contributed by atoms with Gasteiger partial charge in [0.05, 0.1) is 12.9 Å². The first kappa shape index (κ1) is 18.5. The molecule has 3 rings (SSSR count). The monoisotopic (exact) mass is 365 g/mol. The normalized spacial score (nSPS) is 26.4. The molecule has 0 bridgehead atoms. The van der Waals surface area contributed by atoms with E-state index in [1.165, 1.54) is 10.9 Å². The number of nitrogens with two attached hydrogens (primary N) is 1. The van der Waals surface area contributed by atoms with Gasteiger partial charge in [0.2, 0.25) is 5.95 Å². The van der Waals surface area contributed by atoms with Crippen LogP contribution >= 0.6 is 0 Å². The average Bonchev–Trinajstić information content (AvgIpc) is 3.14. The van der Waals surface area contributed by atoms with Gasteiger partial charge >= 0.3 is 0 Å². The first-order valence-electron chi connectivity index (χ1n) is 8.32. The summed E-state index contributed by atoms with van der Waals surface area (Å²) in [6, 6.07) is 0. The molecule has 142 valence electrons. The van der Waals surface area contributed by atoms with Crippen LogP contribution in [0.1, 0.15) is 26.5 Å². The number of fused-ring (bicyclic) bond motifs is 1. The summed E-state index contributed by atoms with van der Waals surface area (Å²) < 4.78 is 6.96. The number of aliphatic hydroxyl groups excluding tert-OH is 3. The molecule has 1 fully saturated rings. The molecule has 6 N–H and O–H groups in total. The number of nitrogens with zero attached hydrogens (tertiary/aromatic N) is 5. The lowest BCUT2D eigenvalue weighted by Gasteiger charge is -2.16. The molecule has 0 spiro atoms. The fourth-order valence-electron chi connectivity index (χ4n) is 2.65. The van der Waals surface area contributed by atoms with Gasteiger partial charge in [-0.15, -0.1) is 0 Å². The number of nitrogen functional groups attached to an aromatic ring is 1. The number of rotatable bonds is 6. The summed E-state index contributed by atoms with van der Waals surface area (Å²) in [6.45, 7) is 3.73. The van der Waals surface area contributed by atoms with Crippen molar-refractivity contribution >= 4 is 29.1 Å². The Hall–Kier alpha value is -2.34. The van der Waals surface area contributed by atoms with Gasteiger partial charge in [-0.25, -0.2) is 10.4 Å². The number of aliphatic hydroxyl groups is 3. The van der Waals surface area contributed by atoms with Crippen molar-refractivity contribution in [2.24, 2.45) is 11.0 Å². The molecule has 0 saturated carbocycles. The van der Waals surface area contributed by atoms with Gasteiger partial charge in [0, 0.05) is 6.21 Å². The van der Waals surface area contributed by atoms with Gasteiger partial charge in [-0.1, -0.05) is 13.8 Å². The molecule has 0 radical (unpaired) electrons. The van der Waals surface area contributed by atoms with Crippen LogP contribution in [0.15, 0.2) is 11.4 Å². The SMILES string of the molecule is CC(C)C/C=N/Nc1nc(N)c2ncn([C@@H]3O[C@H](CO)[C@@H](O)[C@H]3O)c2n1. The largest absolute Gasteiger partial charge is 0.394 e. The van der Waals surface area contributed by atoms with Crippen LogP contribution in [0.2, 0.25) is 0 Å². The molecule has 0 unspecified atom stereocenters. The number of hydrazone groups is 1. The minimum Gasteiger partial charge on any atom is -0.394 e. The molecule has 1 saturated heterocycles. The molecule has 2 aromatic rings. The van der Waals surface area contributed by atoms with Crippen molar-refractivity contribution in [1.82, 2.24) is 19.5 Å². The Balaban J connectivity index is 1.89. The van der Waals surface area contributed by atoms with Crippen LogP contribution in [0.25, 0.3) is 11.2 Å². The van der Waals surface area contributed by atoms with E-state index in [2.05, 4.69) is 39.3 Å². The Labute approximate surface area is 149 Å². The predicted molar refractivity (Wildman–Crippen MR) is 94.3 cm³/mol. The Morgan fingerprint density at radius 3 is 2.81 bits per heavy atom. The van der Waals surface area contributed by atoms with E-state index in [-0.39, 0.29) is 11.8 Å². The van der Waals surface area contributed by atoms with Gasteiger partial charge in [0.25, 0.3) is 0 Å². The molecule has 0 aliphatic carbocycles. The van der Waals surface area contributed by atoms with Crippen molar-refractivity contribution in [3.05, 3.63) is 6.33 Å². The highest BCUT2D eigenvalue weighted by Gasteiger charge is 2.44. The highest BCUT2D eigenvalue weighted by molar-refractivity contribution is 5.83. The maximum absolute atomic E-state index is 10.2. The Bertz CT molecular complexity index is 794. The summed E-state index contributed by atoms with van der Waals surface area (Å²) in [4.78, 5) is 12.6. The first-order valence-corrected chi connectivity index (χ1v) is 8.32. The molecule has 26 heavy (non-hydrogen) atoms. The van der Waals surface area contributed by atoms with Crippen LogP contribution < -0.4 is 11.2 Å². The number of ether oxygens (including phenoxy) is 1. The van der Waals surface area contributed by atoms with E-state index in [4.69, 9.17) is 10.5 Å². The third-order valence-electron chi connectivity index (χ3n) is 4.07. The van der Waals surface area contributed by atoms with E-state index in [1.807, 2.05) is 0 Å². The second-order valence-corrected chi connectivity index (χ2v) is 6.54. The number of nitrogens with one attached hydrogen (secondary N) is 1. The minimum absolute atomic E-state index is 0.141. The van der Waals surface area contributed by atoms with Gasteiger partial charge in [-0.2, -0.15) is 15.1 Å². The second-order valence-electron chi connectivity index (χ2n) is 6.54. The van der Waals surface area contributed by atoms with Crippen molar-refractivity contribution in [2.75, 3.05) is 17.8 Å². The maximum atomic E-state index is 10.2. The third kappa shape index (κ3) is 3.46. The van der Waals surface area contributed by atoms with E-state index in [0.29, 0.717) is 17.1 Å². The Morgan fingerprint density at radius 1 is 1.38 bits per heavy atom. The molecule has 11 nitrogen and oxygen atoms in total. The first-order chi connectivity index (χ1) is 12.4. The van der Waals surface area contributed by atoms with Crippen LogP contribution in [-0.2, 0) is 4.74 Å². The van der Waals surface area contributed by atoms with Gasteiger partial charge < -0.3 is 25.8 Å². The highest BCUT2D eigenvalue weighted by atomic mass is 16.6. The molecule has 4 atom stereocenters. The Morgan fingerprint density at radius 2 is 2.15 bits per heavy atom. The number of hydrogen-bond acceptors (Lipinski definition) is 10. The van der Waals surface area contributed by atoms with E-state index in [9.17, 15) is 15.3 Å². The van der Waals surface area contributed by atoms with E-state index in [1.54, 1.807) is 6.21 Å². The topological polar surface area (TPSA) is 164 Å². The molecule has 11 heteroatoms. The van der Waals surface area contributed by atoms with E-state index >= 15 is 0 Å². The number of hydrogen-bond donors (Lipinski definition) is 5. The van der Waals surface area contributed by atoms with Gasteiger partial charge in [-0.3, -0.25) is 4.57 Å². The summed E-state index contributed by atoms with van der Waals surface area (Å²) >= 11 is 0. The molecule has 2 aromatic heterocycles. The maximum Gasteiger partial charge on any atom is 0.247 e. The lowest BCUT2D eigenvalue weighted by molar-refractivity contribution is -0.0511. The lowest BCUT2D eigenvalue weighted by atomic mass is 10.1. The Kier molecular flexibility index (Phi) is 5.32. The van der Waals surface area contributed by atoms with Crippen molar-refractivity contribution < 1.29 is 20.1 Å². The van der Waals surface area contributed by atoms with Crippen molar-refractivity contribution in [3.8, 4) is 0 Å². The van der Waals surface area contributed by atoms with Crippen LogP contribution in [0.3, 0.4) is 0 Å². The predicted octanol–water partition coefficient (Wildman–Crippen LogP) is -0.536. The zero-order chi connectivity index (χ0) is 18.8. The number of aromatic nitrogens is 4. The van der Waals surface area contributed by atoms with Gasteiger partial charge in [0.1, 0.15) is 23.8 Å². The lowest BCUT2D eigenvalue weighted by Crippen LogP contribution is -2.33. The molecule has 0 amide bonds. The molecule has 1 aliphatic rings. The summed E-state index contributed by atoms with van der Waals surface area (Å²) in [7, 11) is 0. The van der Waals surface area contributed by atoms with Crippen molar-refractivity contribution in [3.63, 3.8) is 0 Å². The fraction of sp³-hybridized carbons (Fsp3) is 0.600. The fourth-order valence-corrected chi connectivity index (χ4v) is 2.65. The van der Waals surface area contributed by atoms with Crippen LogP contribution in [0, 0.1) is 5.92 Å². The molecule has 0 aromatic carbocycles.